The summed E-state index contributed by atoms with van der Waals surface area (Å²) in [5.74, 6) is 0.929. The molecule has 6 heteroatoms. The van der Waals surface area contributed by atoms with Crippen LogP contribution in [0.15, 0.2) is 97.1 Å². The predicted molar refractivity (Wildman–Crippen MR) is 155 cm³/mol. The van der Waals surface area contributed by atoms with Crippen molar-refractivity contribution in [1.29, 1.82) is 0 Å². The normalized spacial score (nSPS) is 21.0. The Morgan fingerprint density at radius 2 is 1.63 bits per heavy atom. The maximum atomic E-state index is 13.6. The number of esters is 1. The summed E-state index contributed by atoms with van der Waals surface area (Å²) >= 11 is 0. The fraction of sp³-hybridized carbons (Fsp3) is 0.257. The second-order valence-corrected chi connectivity index (χ2v) is 11.3. The maximum Gasteiger partial charge on any atom is 0.338 e. The van der Waals surface area contributed by atoms with Crippen LogP contribution >= 0.6 is 0 Å². The van der Waals surface area contributed by atoms with Crippen LogP contribution in [0.2, 0.25) is 0 Å². The first-order valence-electron chi connectivity index (χ1n) is 14.2. The lowest BCUT2D eigenvalue weighted by Gasteiger charge is -2.50. The van der Waals surface area contributed by atoms with Gasteiger partial charge in [-0.05, 0) is 47.9 Å². The second kappa shape index (κ2) is 10.1. The average molecular weight is 546 g/mol. The Bertz CT molecular complexity index is 1610. The van der Waals surface area contributed by atoms with Crippen molar-refractivity contribution in [3.63, 3.8) is 0 Å². The van der Waals surface area contributed by atoms with Gasteiger partial charge in [0.15, 0.2) is 17.2 Å². The fourth-order valence-corrected chi connectivity index (χ4v) is 6.54. The summed E-state index contributed by atoms with van der Waals surface area (Å²) < 4.78 is 18.8. The average Bonchev–Trinajstić information content (AvgIpc) is 3.39. The molecule has 1 aliphatic carbocycles. The highest BCUT2D eigenvalue weighted by atomic mass is 16.6. The molecule has 0 spiro atoms. The highest BCUT2D eigenvalue weighted by Gasteiger charge is 2.50. The molecule has 3 aliphatic rings. The zero-order valence-electron chi connectivity index (χ0n) is 22.9. The van der Waals surface area contributed by atoms with Gasteiger partial charge in [-0.2, -0.15) is 0 Å². The van der Waals surface area contributed by atoms with Crippen LogP contribution in [0, 0.1) is 0 Å². The standard InChI is InChI=1S/C35H31NO5/c1-35-21-27(30-15-8-16-31(33(30)41-35)39-22-23-9-3-2-4-10-23)20-32(37)36(35)28-14-7-13-26(17-28)34(38)40-29-18-24-11-5-6-12-25(24)19-29/h2-17,27,29H,18-22H2,1H3. The molecule has 2 aliphatic heterocycles. The van der Waals surface area contributed by atoms with Crippen LogP contribution in [0.1, 0.15) is 58.3 Å². The van der Waals surface area contributed by atoms with Gasteiger partial charge in [-0.15, -0.1) is 0 Å². The Kier molecular flexibility index (Phi) is 6.26. The molecule has 2 heterocycles. The lowest BCUT2D eigenvalue weighted by molar-refractivity contribution is -0.127. The van der Waals surface area contributed by atoms with Crippen molar-refractivity contribution < 1.29 is 23.8 Å². The molecule has 1 amide bonds. The van der Waals surface area contributed by atoms with Crippen molar-refractivity contribution in [1.82, 2.24) is 0 Å². The van der Waals surface area contributed by atoms with Gasteiger partial charge in [0.1, 0.15) is 12.7 Å². The van der Waals surface area contributed by atoms with Crippen molar-refractivity contribution >= 4 is 17.6 Å². The van der Waals surface area contributed by atoms with Crippen molar-refractivity contribution in [2.24, 2.45) is 0 Å². The van der Waals surface area contributed by atoms with Gasteiger partial charge < -0.3 is 14.2 Å². The molecular formula is C35H31NO5. The first-order valence-corrected chi connectivity index (χ1v) is 14.2. The Morgan fingerprint density at radius 1 is 0.902 bits per heavy atom. The van der Waals surface area contributed by atoms with Crippen molar-refractivity contribution in [2.45, 2.75) is 57.0 Å². The number of fused-ring (bicyclic) bond motifs is 5. The number of nitrogens with zero attached hydrogens (tertiary/aromatic N) is 1. The molecule has 2 bridgehead atoms. The second-order valence-electron chi connectivity index (χ2n) is 11.3. The Labute approximate surface area is 239 Å². The summed E-state index contributed by atoms with van der Waals surface area (Å²) in [6, 6.07) is 31.2. The van der Waals surface area contributed by atoms with Gasteiger partial charge in [-0.25, -0.2) is 4.79 Å². The smallest absolute Gasteiger partial charge is 0.338 e. The first kappa shape index (κ1) is 25.4. The van der Waals surface area contributed by atoms with Crippen LogP contribution in [0.25, 0.3) is 0 Å². The number of carbonyl (C=O) groups is 2. The number of carbonyl (C=O) groups excluding carboxylic acids is 2. The minimum absolute atomic E-state index is 0.0184. The van der Waals surface area contributed by atoms with E-state index in [4.69, 9.17) is 14.2 Å². The lowest BCUT2D eigenvalue weighted by atomic mass is 9.80. The van der Waals surface area contributed by atoms with E-state index < -0.39 is 5.72 Å². The van der Waals surface area contributed by atoms with Crippen LogP contribution in [0.3, 0.4) is 0 Å². The number of hydrogen-bond donors (Lipinski definition) is 0. The minimum Gasteiger partial charge on any atom is -0.485 e. The molecule has 1 saturated heterocycles. The topological polar surface area (TPSA) is 65.1 Å². The van der Waals surface area contributed by atoms with Crippen LogP contribution in [0.4, 0.5) is 5.69 Å². The van der Waals surface area contributed by atoms with E-state index >= 15 is 0 Å². The number of anilines is 1. The number of piperidine rings is 1. The van der Waals surface area contributed by atoms with Gasteiger partial charge in [-0.3, -0.25) is 9.69 Å². The van der Waals surface area contributed by atoms with Gasteiger partial charge in [0.05, 0.1) is 5.56 Å². The van der Waals surface area contributed by atoms with Gasteiger partial charge in [-0.1, -0.05) is 72.8 Å². The van der Waals surface area contributed by atoms with Crippen LogP contribution in [0.5, 0.6) is 11.5 Å². The number of amides is 1. The summed E-state index contributed by atoms with van der Waals surface area (Å²) in [4.78, 5) is 28.5. The minimum atomic E-state index is -0.936. The molecule has 4 aromatic carbocycles. The summed E-state index contributed by atoms with van der Waals surface area (Å²) in [5.41, 5.74) is 4.61. The van der Waals surface area contributed by atoms with E-state index in [2.05, 4.69) is 12.1 Å². The molecule has 0 saturated carbocycles. The molecular weight excluding hydrogens is 514 g/mol. The first-order chi connectivity index (χ1) is 20.0. The Morgan fingerprint density at radius 3 is 2.41 bits per heavy atom. The van der Waals surface area contributed by atoms with Gasteiger partial charge >= 0.3 is 5.97 Å². The number of rotatable bonds is 6. The van der Waals surface area contributed by atoms with E-state index in [0.29, 0.717) is 55.0 Å². The largest absolute Gasteiger partial charge is 0.485 e. The highest BCUT2D eigenvalue weighted by Crippen LogP contribution is 2.52. The van der Waals surface area contributed by atoms with Gasteiger partial charge in [0.2, 0.25) is 5.91 Å². The van der Waals surface area contributed by atoms with Crippen molar-refractivity contribution in [3.8, 4) is 11.5 Å². The molecule has 2 atom stereocenters. The van der Waals surface area contributed by atoms with Crippen molar-refractivity contribution in [3.05, 3.63) is 125 Å². The number of benzene rings is 4. The molecule has 6 nitrogen and oxygen atoms in total. The Hall–Kier alpha value is -4.58. The SMILES string of the molecule is CC12CC(CC(=O)N1c1cccc(C(=O)OC3Cc4ccccc4C3)c1)c1cccc(OCc3ccccc3)c1O2. The molecule has 0 radical (unpaired) electrons. The third kappa shape index (κ3) is 4.73. The van der Waals surface area contributed by atoms with E-state index in [-0.39, 0.29) is 23.9 Å². The molecule has 206 valence electrons. The van der Waals surface area contributed by atoms with Gasteiger partial charge in [0.25, 0.3) is 0 Å². The third-order valence-electron chi connectivity index (χ3n) is 8.40. The number of hydrogen-bond acceptors (Lipinski definition) is 5. The molecule has 0 N–H and O–H groups in total. The fourth-order valence-electron chi connectivity index (χ4n) is 6.54. The lowest BCUT2D eigenvalue weighted by Crippen LogP contribution is -2.60. The summed E-state index contributed by atoms with van der Waals surface area (Å²) in [5, 5.41) is 0. The highest BCUT2D eigenvalue weighted by molar-refractivity contribution is 5.98. The van der Waals surface area contributed by atoms with Crippen LogP contribution < -0.4 is 14.4 Å². The summed E-state index contributed by atoms with van der Waals surface area (Å²) in [6.07, 6.45) is 2.23. The summed E-state index contributed by atoms with van der Waals surface area (Å²) in [6.45, 7) is 2.36. The van der Waals surface area contributed by atoms with Crippen LogP contribution in [-0.4, -0.2) is 23.7 Å². The monoisotopic (exact) mass is 545 g/mol. The van der Waals surface area contributed by atoms with E-state index in [1.54, 1.807) is 23.1 Å². The maximum absolute atomic E-state index is 13.6. The molecule has 0 aromatic heterocycles. The Balaban J connectivity index is 1.13. The molecule has 4 aromatic rings. The predicted octanol–water partition coefficient (Wildman–Crippen LogP) is 6.61. The zero-order chi connectivity index (χ0) is 28.0. The summed E-state index contributed by atoms with van der Waals surface area (Å²) in [7, 11) is 0. The van der Waals surface area contributed by atoms with E-state index in [1.807, 2.05) is 73.7 Å². The van der Waals surface area contributed by atoms with Gasteiger partial charge in [0, 0.05) is 42.9 Å². The third-order valence-corrected chi connectivity index (χ3v) is 8.40. The van der Waals surface area contributed by atoms with Crippen LogP contribution in [-0.2, 0) is 29.0 Å². The van der Waals surface area contributed by atoms with Crippen molar-refractivity contribution in [2.75, 3.05) is 4.90 Å². The molecule has 1 fully saturated rings. The number of ether oxygens (including phenoxy) is 3. The van der Waals surface area contributed by atoms with E-state index in [0.717, 1.165) is 11.1 Å². The number of para-hydroxylation sites is 1. The zero-order valence-corrected chi connectivity index (χ0v) is 22.9. The van der Waals surface area contributed by atoms with E-state index in [1.165, 1.54) is 11.1 Å². The quantitative estimate of drug-likeness (QED) is 0.255. The molecule has 7 rings (SSSR count). The molecule has 41 heavy (non-hydrogen) atoms. The van der Waals surface area contributed by atoms with E-state index in [9.17, 15) is 9.59 Å². The molecule has 2 unspecified atom stereocenters.